The predicted molar refractivity (Wildman–Crippen MR) is 101 cm³/mol. The first kappa shape index (κ1) is 16.9. The quantitative estimate of drug-likeness (QED) is 0.698. The molecule has 2 heterocycles. The average molecular weight is 412 g/mol. The van der Waals surface area contributed by atoms with E-state index in [1.807, 2.05) is 6.07 Å². The molecule has 6 nitrogen and oxygen atoms in total. The van der Waals surface area contributed by atoms with Crippen LogP contribution < -0.4 is 5.32 Å². The summed E-state index contributed by atoms with van der Waals surface area (Å²) in [4.78, 5) is 20.8. The van der Waals surface area contributed by atoms with Gasteiger partial charge in [0.15, 0.2) is 5.82 Å². The summed E-state index contributed by atoms with van der Waals surface area (Å²) in [5.41, 5.74) is 1.87. The number of nitrogens with zero attached hydrogens (tertiary/aromatic N) is 4. The third-order valence-electron chi connectivity index (χ3n) is 5.00. The van der Waals surface area contributed by atoms with Crippen LogP contribution in [0.3, 0.4) is 0 Å². The molecule has 0 radical (unpaired) electrons. The van der Waals surface area contributed by atoms with Crippen molar-refractivity contribution in [3.8, 4) is 5.82 Å². The molecule has 2 aromatic heterocycles. The second-order valence-corrected chi connectivity index (χ2v) is 7.49. The van der Waals surface area contributed by atoms with Gasteiger partial charge in [0, 0.05) is 28.2 Å². The molecule has 26 heavy (non-hydrogen) atoms. The first-order valence-corrected chi connectivity index (χ1v) is 9.31. The van der Waals surface area contributed by atoms with Crippen LogP contribution in [0.1, 0.15) is 35.2 Å². The van der Waals surface area contributed by atoms with Crippen LogP contribution in [0.4, 0.5) is 0 Å². The zero-order valence-electron chi connectivity index (χ0n) is 14.1. The lowest BCUT2D eigenvalue weighted by atomic mass is 9.64. The van der Waals surface area contributed by atoms with Crippen LogP contribution in [0.25, 0.3) is 5.82 Å². The molecule has 0 spiro atoms. The van der Waals surface area contributed by atoms with Crippen molar-refractivity contribution in [2.24, 2.45) is 0 Å². The standard InChI is InChI=1S/C19H18BrN5O/c20-16-4-1-3-15(10-16)19(6-2-7-19)11-23-18(26)14-5-8-22-17(9-14)25-13-21-12-24-25/h1,3-5,8-10,12-13H,2,6-7,11H2,(H,23,26). The minimum atomic E-state index is -0.102. The van der Waals surface area contributed by atoms with Crippen LogP contribution in [0.5, 0.6) is 0 Å². The van der Waals surface area contributed by atoms with E-state index in [1.54, 1.807) is 24.7 Å². The van der Waals surface area contributed by atoms with Crippen molar-refractivity contribution >= 4 is 21.8 Å². The fraction of sp³-hybridized carbons (Fsp3) is 0.263. The molecule has 1 saturated carbocycles. The highest BCUT2D eigenvalue weighted by atomic mass is 79.9. The Labute approximate surface area is 159 Å². The Kier molecular flexibility index (Phi) is 4.55. The monoisotopic (exact) mass is 411 g/mol. The van der Waals surface area contributed by atoms with Crippen LogP contribution in [0.2, 0.25) is 0 Å². The van der Waals surface area contributed by atoms with Crippen molar-refractivity contribution in [2.75, 3.05) is 6.54 Å². The first-order valence-electron chi connectivity index (χ1n) is 8.52. The number of rotatable bonds is 5. The zero-order chi connectivity index (χ0) is 18.0. The summed E-state index contributed by atoms with van der Waals surface area (Å²) in [6.07, 6.45) is 7.97. The number of carbonyl (C=O) groups is 1. The number of hydrogen-bond acceptors (Lipinski definition) is 4. The summed E-state index contributed by atoms with van der Waals surface area (Å²) >= 11 is 3.54. The van der Waals surface area contributed by atoms with Crippen LogP contribution in [-0.4, -0.2) is 32.2 Å². The summed E-state index contributed by atoms with van der Waals surface area (Å²) in [6.45, 7) is 0.628. The van der Waals surface area contributed by atoms with E-state index in [-0.39, 0.29) is 11.3 Å². The highest BCUT2D eigenvalue weighted by molar-refractivity contribution is 9.10. The topological polar surface area (TPSA) is 72.7 Å². The molecule has 0 bridgehead atoms. The van der Waals surface area contributed by atoms with Gasteiger partial charge in [-0.05, 0) is 42.7 Å². The fourth-order valence-corrected chi connectivity index (χ4v) is 3.75. The minimum Gasteiger partial charge on any atom is -0.351 e. The van der Waals surface area contributed by atoms with Crippen LogP contribution in [0, 0.1) is 0 Å². The van der Waals surface area contributed by atoms with Gasteiger partial charge in [-0.3, -0.25) is 4.79 Å². The fourth-order valence-electron chi connectivity index (χ4n) is 3.35. The molecule has 4 rings (SSSR count). The molecular weight excluding hydrogens is 394 g/mol. The Morgan fingerprint density at radius 1 is 1.27 bits per heavy atom. The summed E-state index contributed by atoms with van der Waals surface area (Å²) in [7, 11) is 0. The summed E-state index contributed by atoms with van der Waals surface area (Å²) in [6, 6.07) is 11.8. The molecule has 3 aromatic rings. The lowest BCUT2D eigenvalue weighted by Gasteiger charge is -2.42. The van der Waals surface area contributed by atoms with E-state index in [0.717, 1.165) is 17.3 Å². The number of aromatic nitrogens is 4. The molecule has 7 heteroatoms. The number of halogens is 1. The molecule has 1 aromatic carbocycles. The highest BCUT2D eigenvalue weighted by Gasteiger charge is 2.39. The lowest BCUT2D eigenvalue weighted by molar-refractivity contribution is 0.0927. The average Bonchev–Trinajstić information content (AvgIpc) is 3.15. The minimum absolute atomic E-state index is 0.0290. The molecule has 1 aliphatic carbocycles. The smallest absolute Gasteiger partial charge is 0.251 e. The first-order chi connectivity index (χ1) is 12.7. The molecule has 0 atom stereocenters. The Bertz CT molecular complexity index is 921. The normalized spacial score (nSPS) is 15.3. The molecule has 1 fully saturated rings. The van der Waals surface area contributed by atoms with Gasteiger partial charge in [-0.1, -0.05) is 34.5 Å². The third kappa shape index (κ3) is 3.26. The summed E-state index contributed by atoms with van der Waals surface area (Å²) in [5.74, 6) is 0.468. The molecule has 1 aliphatic rings. The van der Waals surface area contributed by atoms with E-state index in [2.05, 4.69) is 54.5 Å². The maximum Gasteiger partial charge on any atom is 0.251 e. The lowest BCUT2D eigenvalue weighted by Crippen LogP contribution is -2.45. The van der Waals surface area contributed by atoms with Gasteiger partial charge in [0.05, 0.1) is 0 Å². The number of carbonyl (C=O) groups excluding carboxylic acids is 1. The number of benzene rings is 1. The van der Waals surface area contributed by atoms with E-state index in [9.17, 15) is 4.79 Å². The van der Waals surface area contributed by atoms with Crippen molar-refractivity contribution < 1.29 is 4.79 Å². The number of amides is 1. The van der Waals surface area contributed by atoms with Gasteiger partial charge < -0.3 is 5.32 Å². The molecule has 0 saturated heterocycles. The van der Waals surface area contributed by atoms with Gasteiger partial charge in [0.1, 0.15) is 12.7 Å². The molecule has 132 valence electrons. The van der Waals surface area contributed by atoms with Crippen LogP contribution in [-0.2, 0) is 5.41 Å². The van der Waals surface area contributed by atoms with E-state index in [4.69, 9.17) is 0 Å². The van der Waals surface area contributed by atoms with Gasteiger partial charge in [-0.15, -0.1) is 0 Å². The molecular formula is C19H18BrN5O. The van der Waals surface area contributed by atoms with Crippen LogP contribution >= 0.6 is 15.9 Å². The second kappa shape index (κ2) is 6.99. The molecule has 0 unspecified atom stereocenters. The zero-order valence-corrected chi connectivity index (χ0v) is 15.7. The van der Waals surface area contributed by atoms with Crippen molar-refractivity contribution in [3.05, 3.63) is 70.8 Å². The maximum absolute atomic E-state index is 12.7. The van der Waals surface area contributed by atoms with Crippen molar-refractivity contribution in [1.29, 1.82) is 0 Å². The van der Waals surface area contributed by atoms with Gasteiger partial charge in [0.25, 0.3) is 5.91 Å². The van der Waals surface area contributed by atoms with Crippen molar-refractivity contribution in [3.63, 3.8) is 0 Å². The third-order valence-corrected chi connectivity index (χ3v) is 5.49. The Morgan fingerprint density at radius 3 is 2.85 bits per heavy atom. The Hall–Kier alpha value is -2.54. The van der Waals surface area contributed by atoms with Crippen molar-refractivity contribution in [1.82, 2.24) is 25.1 Å². The van der Waals surface area contributed by atoms with Gasteiger partial charge in [-0.2, -0.15) is 5.10 Å². The predicted octanol–water partition coefficient (Wildman–Crippen LogP) is 3.28. The maximum atomic E-state index is 12.7. The van der Waals surface area contributed by atoms with Crippen LogP contribution in [0.15, 0.2) is 59.7 Å². The van der Waals surface area contributed by atoms with Gasteiger partial charge in [-0.25, -0.2) is 14.6 Å². The van der Waals surface area contributed by atoms with Gasteiger partial charge >= 0.3 is 0 Å². The van der Waals surface area contributed by atoms with E-state index in [0.29, 0.717) is 17.9 Å². The van der Waals surface area contributed by atoms with Gasteiger partial charge in [0.2, 0.25) is 0 Å². The van der Waals surface area contributed by atoms with E-state index >= 15 is 0 Å². The van der Waals surface area contributed by atoms with E-state index < -0.39 is 0 Å². The van der Waals surface area contributed by atoms with E-state index in [1.165, 1.54) is 23.0 Å². The Balaban J connectivity index is 1.49. The largest absolute Gasteiger partial charge is 0.351 e. The SMILES string of the molecule is O=C(NCC1(c2cccc(Br)c2)CCC1)c1ccnc(-n2cncn2)c1. The Morgan fingerprint density at radius 2 is 2.15 bits per heavy atom. The number of nitrogens with one attached hydrogen (secondary N) is 1. The molecule has 1 amide bonds. The second-order valence-electron chi connectivity index (χ2n) is 6.57. The number of hydrogen-bond donors (Lipinski definition) is 1. The summed E-state index contributed by atoms with van der Waals surface area (Å²) < 4.78 is 2.60. The molecule has 1 N–H and O–H groups in total. The van der Waals surface area contributed by atoms with Crippen molar-refractivity contribution in [2.45, 2.75) is 24.7 Å². The molecule has 0 aliphatic heterocycles. The summed E-state index contributed by atoms with van der Waals surface area (Å²) in [5, 5.41) is 7.15. The highest BCUT2D eigenvalue weighted by Crippen LogP contribution is 2.43. The number of pyridine rings is 1.